The van der Waals surface area contributed by atoms with Crippen LogP contribution in [-0.2, 0) is 19.6 Å². The molecule has 0 amide bonds. The maximum atomic E-state index is 9.05. The number of hydrogen-bond acceptors (Lipinski definition) is 6. The first-order chi connectivity index (χ1) is 12.2. The van der Waals surface area contributed by atoms with E-state index in [-0.39, 0.29) is 6.61 Å². The second-order valence-corrected chi connectivity index (χ2v) is 6.58. The van der Waals surface area contributed by atoms with Crippen LogP contribution in [0.25, 0.3) is 0 Å². The summed E-state index contributed by atoms with van der Waals surface area (Å²) in [7, 11) is 2.15. The average molecular weight is 341 g/mol. The van der Waals surface area contributed by atoms with Gasteiger partial charge in [0.2, 0.25) is 5.95 Å². The Morgan fingerprint density at radius 2 is 1.60 bits per heavy atom. The number of aliphatic hydroxyl groups is 1. The van der Waals surface area contributed by atoms with E-state index in [1.807, 2.05) is 24.5 Å². The third-order valence-electron chi connectivity index (χ3n) is 4.60. The normalized spacial score (nSPS) is 15.5. The fraction of sp³-hybridized carbons (Fsp3) is 0.474. The molecule has 1 aromatic heterocycles. The summed E-state index contributed by atoms with van der Waals surface area (Å²) in [5.41, 5.74) is 3.33. The van der Waals surface area contributed by atoms with Gasteiger partial charge in [-0.1, -0.05) is 24.3 Å². The molecule has 1 fully saturated rings. The SMILES string of the molecule is CN1CCN(c2ncc(CNCCc3ccc(CO)cc3)cn2)CC1. The maximum absolute atomic E-state index is 9.05. The Morgan fingerprint density at radius 3 is 2.24 bits per heavy atom. The van der Waals surface area contributed by atoms with E-state index >= 15 is 0 Å². The minimum Gasteiger partial charge on any atom is -0.392 e. The van der Waals surface area contributed by atoms with Gasteiger partial charge in [-0.15, -0.1) is 0 Å². The molecule has 0 unspecified atom stereocenters. The van der Waals surface area contributed by atoms with Crippen LogP contribution in [0.1, 0.15) is 16.7 Å². The molecule has 0 saturated carbocycles. The zero-order valence-corrected chi connectivity index (χ0v) is 14.9. The Balaban J connectivity index is 1.41. The number of nitrogens with one attached hydrogen (secondary N) is 1. The van der Waals surface area contributed by atoms with Crippen LogP contribution < -0.4 is 10.2 Å². The lowest BCUT2D eigenvalue weighted by Crippen LogP contribution is -2.45. The lowest BCUT2D eigenvalue weighted by atomic mass is 10.1. The molecule has 1 aliphatic heterocycles. The summed E-state index contributed by atoms with van der Waals surface area (Å²) in [6, 6.07) is 8.09. The summed E-state index contributed by atoms with van der Waals surface area (Å²) in [6.45, 7) is 5.88. The van der Waals surface area contributed by atoms with E-state index in [0.29, 0.717) is 0 Å². The quantitative estimate of drug-likeness (QED) is 0.734. The van der Waals surface area contributed by atoms with Crippen molar-refractivity contribution in [2.75, 3.05) is 44.7 Å². The van der Waals surface area contributed by atoms with E-state index < -0.39 is 0 Å². The first-order valence-corrected chi connectivity index (χ1v) is 8.88. The van der Waals surface area contributed by atoms with Gasteiger partial charge >= 0.3 is 0 Å². The Kier molecular flexibility index (Phi) is 6.33. The van der Waals surface area contributed by atoms with Gasteiger partial charge < -0.3 is 20.2 Å². The highest BCUT2D eigenvalue weighted by Crippen LogP contribution is 2.10. The molecule has 2 N–H and O–H groups in total. The Hall–Kier alpha value is -2.02. The van der Waals surface area contributed by atoms with Crippen molar-refractivity contribution in [2.45, 2.75) is 19.6 Å². The van der Waals surface area contributed by atoms with Crippen molar-refractivity contribution >= 4 is 5.95 Å². The summed E-state index contributed by atoms with van der Waals surface area (Å²) in [5, 5.41) is 12.5. The van der Waals surface area contributed by atoms with E-state index in [2.05, 4.69) is 44.3 Å². The largest absolute Gasteiger partial charge is 0.392 e. The third kappa shape index (κ3) is 5.22. The molecule has 2 aromatic rings. The van der Waals surface area contributed by atoms with Gasteiger partial charge in [0.05, 0.1) is 6.61 Å². The predicted molar refractivity (Wildman–Crippen MR) is 99.5 cm³/mol. The second-order valence-electron chi connectivity index (χ2n) is 6.58. The topological polar surface area (TPSA) is 64.5 Å². The molecule has 1 aromatic carbocycles. The van der Waals surface area contributed by atoms with Gasteiger partial charge in [0.15, 0.2) is 0 Å². The summed E-state index contributed by atoms with van der Waals surface area (Å²) in [4.78, 5) is 13.6. The fourth-order valence-electron chi connectivity index (χ4n) is 2.89. The lowest BCUT2D eigenvalue weighted by molar-refractivity contribution is 0.282. The Morgan fingerprint density at radius 1 is 0.960 bits per heavy atom. The van der Waals surface area contributed by atoms with Gasteiger partial charge in [-0.3, -0.25) is 0 Å². The minimum atomic E-state index is 0.0999. The fourth-order valence-corrected chi connectivity index (χ4v) is 2.89. The molecule has 6 nitrogen and oxygen atoms in total. The molecule has 0 radical (unpaired) electrons. The van der Waals surface area contributed by atoms with Crippen LogP contribution in [0.2, 0.25) is 0 Å². The molecule has 1 aliphatic rings. The molecule has 25 heavy (non-hydrogen) atoms. The zero-order valence-electron chi connectivity index (χ0n) is 14.9. The van der Waals surface area contributed by atoms with Crippen LogP contribution in [0.5, 0.6) is 0 Å². The van der Waals surface area contributed by atoms with Crippen LogP contribution in [0, 0.1) is 0 Å². The standard InChI is InChI=1S/C19H27N5O/c1-23-8-10-24(11-9-23)19-21-13-18(14-22-19)12-20-7-6-16-2-4-17(15-25)5-3-16/h2-5,13-14,20,25H,6-12,15H2,1H3. The van der Waals surface area contributed by atoms with Crippen LogP contribution in [0.15, 0.2) is 36.7 Å². The van der Waals surface area contributed by atoms with E-state index in [4.69, 9.17) is 5.11 Å². The molecule has 134 valence electrons. The lowest BCUT2D eigenvalue weighted by Gasteiger charge is -2.32. The molecule has 3 rings (SSSR count). The van der Waals surface area contributed by atoms with E-state index in [1.54, 1.807) is 0 Å². The van der Waals surface area contributed by atoms with Gasteiger partial charge in [0, 0.05) is 50.7 Å². The van der Waals surface area contributed by atoms with Gasteiger partial charge in [0.25, 0.3) is 0 Å². The summed E-state index contributed by atoms with van der Waals surface area (Å²) in [5.74, 6) is 0.834. The highest BCUT2D eigenvalue weighted by Gasteiger charge is 2.15. The molecular weight excluding hydrogens is 314 g/mol. The van der Waals surface area contributed by atoms with Gasteiger partial charge in [-0.2, -0.15) is 0 Å². The summed E-state index contributed by atoms with van der Waals surface area (Å²) >= 11 is 0. The molecule has 0 bridgehead atoms. The minimum absolute atomic E-state index is 0.0999. The number of benzene rings is 1. The number of rotatable bonds is 7. The number of likely N-dealkylation sites (N-methyl/N-ethyl adjacent to an activating group) is 1. The average Bonchev–Trinajstić information content (AvgIpc) is 2.67. The van der Waals surface area contributed by atoms with E-state index in [0.717, 1.165) is 62.8 Å². The number of anilines is 1. The van der Waals surface area contributed by atoms with Crippen LogP contribution >= 0.6 is 0 Å². The number of nitrogens with zero attached hydrogens (tertiary/aromatic N) is 4. The zero-order chi connectivity index (χ0) is 17.5. The van der Waals surface area contributed by atoms with Crippen LogP contribution in [0.3, 0.4) is 0 Å². The predicted octanol–water partition coefficient (Wildman–Crippen LogP) is 1.05. The smallest absolute Gasteiger partial charge is 0.225 e. The molecule has 1 saturated heterocycles. The summed E-state index contributed by atoms with van der Waals surface area (Å²) < 4.78 is 0. The van der Waals surface area contributed by atoms with Crippen molar-refractivity contribution in [1.82, 2.24) is 20.2 Å². The summed E-state index contributed by atoms with van der Waals surface area (Å²) in [6.07, 6.45) is 4.80. The third-order valence-corrected chi connectivity index (χ3v) is 4.60. The number of aromatic nitrogens is 2. The number of hydrogen-bond donors (Lipinski definition) is 2. The van der Waals surface area contributed by atoms with Gasteiger partial charge in [0.1, 0.15) is 0 Å². The molecule has 0 aliphatic carbocycles. The molecule has 2 heterocycles. The van der Waals surface area contributed by atoms with Gasteiger partial charge in [-0.25, -0.2) is 9.97 Å². The van der Waals surface area contributed by atoms with Crippen molar-refractivity contribution in [3.05, 3.63) is 53.3 Å². The van der Waals surface area contributed by atoms with Crippen molar-refractivity contribution in [2.24, 2.45) is 0 Å². The van der Waals surface area contributed by atoms with Crippen LogP contribution in [0.4, 0.5) is 5.95 Å². The van der Waals surface area contributed by atoms with Crippen LogP contribution in [-0.4, -0.2) is 59.7 Å². The second kappa shape index (κ2) is 8.89. The first-order valence-electron chi connectivity index (χ1n) is 8.88. The highest BCUT2D eigenvalue weighted by atomic mass is 16.3. The molecule has 6 heteroatoms. The number of aliphatic hydroxyl groups excluding tert-OH is 1. The molecule has 0 atom stereocenters. The molecular formula is C19H27N5O. The van der Waals surface area contributed by atoms with Crippen molar-refractivity contribution in [1.29, 1.82) is 0 Å². The Labute approximate surface area is 149 Å². The monoisotopic (exact) mass is 341 g/mol. The van der Waals surface area contributed by atoms with Crippen molar-refractivity contribution < 1.29 is 5.11 Å². The Bertz CT molecular complexity index is 636. The van der Waals surface area contributed by atoms with E-state index in [1.165, 1.54) is 5.56 Å². The number of piperazine rings is 1. The van der Waals surface area contributed by atoms with Gasteiger partial charge in [-0.05, 0) is 31.1 Å². The highest BCUT2D eigenvalue weighted by molar-refractivity contribution is 5.30. The first kappa shape index (κ1) is 17.8. The maximum Gasteiger partial charge on any atom is 0.225 e. The van der Waals surface area contributed by atoms with Crippen molar-refractivity contribution in [3.8, 4) is 0 Å². The molecule has 0 spiro atoms. The van der Waals surface area contributed by atoms with Crippen molar-refractivity contribution in [3.63, 3.8) is 0 Å². The van der Waals surface area contributed by atoms with E-state index in [9.17, 15) is 0 Å².